The minimum absolute atomic E-state index is 0.328. The lowest BCUT2D eigenvalue weighted by molar-refractivity contribution is 0.842. The molecular weight excluding hydrogens is 218 g/mol. The molecule has 0 unspecified atom stereocenters. The van der Waals surface area contributed by atoms with E-state index in [4.69, 9.17) is 12.2 Å². The number of hydrogen-bond donors (Lipinski definition) is 1. The van der Waals surface area contributed by atoms with Gasteiger partial charge in [-0.05, 0) is 18.1 Å². The van der Waals surface area contributed by atoms with Crippen molar-refractivity contribution in [1.29, 1.82) is 0 Å². The second-order valence-corrected chi connectivity index (χ2v) is 4.25. The van der Waals surface area contributed by atoms with Crippen LogP contribution in [-0.4, -0.2) is 15.0 Å². The molecule has 0 aliphatic rings. The third-order valence-corrected chi connectivity index (χ3v) is 2.71. The van der Waals surface area contributed by atoms with Gasteiger partial charge in [-0.15, -0.1) is 0 Å². The number of nitrogens with zero attached hydrogens (tertiary/aromatic N) is 2. The van der Waals surface area contributed by atoms with Gasteiger partial charge < -0.3 is 4.98 Å². The van der Waals surface area contributed by atoms with E-state index in [1.807, 2.05) is 18.2 Å². The third kappa shape index (κ3) is 2.02. The van der Waals surface area contributed by atoms with Crippen LogP contribution in [0.2, 0.25) is 0 Å². The zero-order valence-corrected chi connectivity index (χ0v) is 10.1. The molecule has 2 rings (SSSR count). The number of aromatic amines is 1. The Kier molecular flexibility index (Phi) is 3.10. The zero-order valence-electron chi connectivity index (χ0n) is 9.27. The van der Waals surface area contributed by atoms with Gasteiger partial charge in [0.2, 0.25) is 0 Å². The lowest BCUT2D eigenvalue weighted by atomic mass is 10.0. The monoisotopic (exact) mass is 231 g/mol. The van der Waals surface area contributed by atoms with Crippen molar-refractivity contribution in [3.63, 3.8) is 0 Å². The average Bonchev–Trinajstić information content (AvgIpc) is 2.29. The summed E-state index contributed by atoms with van der Waals surface area (Å²) in [7, 11) is 0. The van der Waals surface area contributed by atoms with Crippen LogP contribution in [0.3, 0.4) is 0 Å². The molecule has 0 spiro atoms. The fourth-order valence-electron chi connectivity index (χ4n) is 1.67. The SMILES string of the molecule is CC(C)c1c(-c2ccccn2)[nH]cnc1=S. The van der Waals surface area contributed by atoms with Gasteiger partial charge in [-0.25, -0.2) is 4.98 Å². The molecule has 16 heavy (non-hydrogen) atoms. The summed E-state index contributed by atoms with van der Waals surface area (Å²) in [6, 6.07) is 5.82. The van der Waals surface area contributed by atoms with Crippen LogP contribution in [-0.2, 0) is 0 Å². The second kappa shape index (κ2) is 4.53. The van der Waals surface area contributed by atoms with Crippen molar-refractivity contribution in [3.05, 3.63) is 40.9 Å². The molecule has 2 aromatic rings. The van der Waals surface area contributed by atoms with Gasteiger partial charge in [0.25, 0.3) is 0 Å². The Bertz CT molecular complexity index is 531. The molecule has 2 aromatic heterocycles. The predicted octanol–water partition coefficient (Wildman–Crippen LogP) is 3.32. The molecule has 2 heterocycles. The molecule has 0 amide bonds. The average molecular weight is 231 g/mol. The van der Waals surface area contributed by atoms with Crippen LogP contribution in [0.15, 0.2) is 30.7 Å². The second-order valence-electron chi connectivity index (χ2n) is 3.87. The van der Waals surface area contributed by atoms with E-state index in [1.54, 1.807) is 12.5 Å². The van der Waals surface area contributed by atoms with E-state index in [1.165, 1.54) is 0 Å². The van der Waals surface area contributed by atoms with E-state index in [0.717, 1.165) is 17.0 Å². The highest BCUT2D eigenvalue weighted by atomic mass is 32.1. The first-order chi connectivity index (χ1) is 7.70. The van der Waals surface area contributed by atoms with Crippen molar-refractivity contribution < 1.29 is 0 Å². The Morgan fingerprint density at radius 2 is 2.06 bits per heavy atom. The van der Waals surface area contributed by atoms with E-state index < -0.39 is 0 Å². The van der Waals surface area contributed by atoms with Gasteiger partial charge in [-0.1, -0.05) is 32.1 Å². The molecular formula is C12H13N3S. The first kappa shape index (κ1) is 11.0. The molecule has 0 saturated carbocycles. The lowest BCUT2D eigenvalue weighted by Gasteiger charge is -2.11. The Morgan fingerprint density at radius 3 is 2.69 bits per heavy atom. The fourth-order valence-corrected chi connectivity index (χ4v) is 2.06. The van der Waals surface area contributed by atoms with Crippen molar-refractivity contribution in [3.8, 4) is 11.4 Å². The minimum atomic E-state index is 0.328. The summed E-state index contributed by atoms with van der Waals surface area (Å²) in [6.45, 7) is 4.21. The van der Waals surface area contributed by atoms with Crippen LogP contribution in [0.25, 0.3) is 11.4 Å². The van der Waals surface area contributed by atoms with Crippen LogP contribution in [0.1, 0.15) is 25.3 Å². The van der Waals surface area contributed by atoms with Crippen molar-refractivity contribution in [2.24, 2.45) is 0 Å². The number of hydrogen-bond acceptors (Lipinski definition) is 3. The Morgan fingerprint density at radius 1 is 1.25 bits per heavy atom. The molecule has 0 fully saturated rings. The molecule has 0 saturated heterocycles. The fraction of sp³-hybridized carbons (Fsp3) is 0.250. The maximum Gasteiger partial charge on any atom is 0.133 e. The molecule has 0 aliphatic carbocycles. The summed E-state index contributed by atoms with van der Waals surface area (Å²) in [4.78, 5) is 11.6. The molecule has 0 aliphatic heterocycles. The zero-order chi connectivity index (χ0) is 11.5. The first-order valence-electron chi connectivity index (χ1n) is 5.19. The smallest absolute Gasteiger partial charge is 0.133 e. The van der Waals surface area contributed by atoms with Crippen LogP contribution < -0.4 is 0 Å². The summed E-state index contributed by atoms with van der Waals surface area (Å²) in [5, 5.41) is 0. The maximum absolute atomic E-state index is 5.26. The molecule has 0 radical (unpaired) electrons. The van der Waals surface area contributed by atoms with E-state index in [-0.39, 0.29) is 0 Å². The van der Waals surface area contributed by atoms with Crippen molar-refractivity contribution in [2.45, 2.75) is 19.8 Å². The normalized spacial score (nSPS) is 10.7. The molecule has 0 atom stereocenters. The first-order valence-corrected chi connectivity index (χ1v) is 5.60. The van der Waals surface area contributed by atoms with Gasteiger partial charge in [-0.2, -0.15) is 0 Å². The van der Waals surface area contributed by atoms with Crippen molar-refractivity contribution >= 4 is 12.2 Å². The molecule has 3 nitrogen and oxygen atoms in total. The summed E-state index contributed by atoms with van der Waals surface area (Å²) in [6.07, 6.45) is 3.40. The highest BCUT2D eigenvalue weighted by Gasteiger charge is 2.11. The Balaban J connectivity index is 2.66. The summed E-state index contributed by atoms with van der Waals surface area (Å²) >= 11 is 5.26. The number of pyridine rings is 1. The van der Waals surface area contributed by atoms with E-state index in [0.29, 0.717) is 10.6 Å². The number of aromatic nitrogens is 3. The van der Waals surface area contributed by atoms with E-state index >= 15 is 0 Å². The molecule has 4 heteroatoms. The van der Waals surface area contributed by atoms with E-state index in [9.17, 15) is 0 Å². The van der Waals surface area contributed by atoms with Crippen LogP contribution in [0.5, 0.6) is 0 Å². The van der Waals surface area contributed by atoms with Gasteiger partial charge in [0.1, 0.15) is 4.64 Å². The van der Waals surface area contributed by atoms with Gasteiger partial charge in [0.05, 0.1) is 17.7 Å². The maximum atomic E-state index is 5.26. The lowest BCUT2D eigenvalue weighted by Crippen LogP contribution is -1.99. The molecule has 0 aromatic carbocycles. The summed E-state index contributed by atoms with van der Waals surface area (Å²) < 4.78 is 0.648. The topological polar surface area (TPSA) is 41.6 Å². The van der Waals surface area contributed by atoms with Crippen LogP contribution in [0, 0.1) is 4.64 Å². The van der Waals surface area contributed by atoms with Gasteiger partial charge in [-0.3, -0.25) is 4.98 Å². The third-order valence-electron chi connectivity index (χ3n) is 2.39. The minimum Gasteiger partial charge on any atom is -0.344 e. The van der Waals surface area contributed by atoms with E-state index in [2.05, 4.69) is 28.8 Å². The number of rotatable bonds is 2. The van der Waals surface area contributed by atoms with Crippen LogP contribution >= 0.6 is 12.2 Å². The summed E-state index contributed by atoms with van der Waals surface area (Å²) in [5.74, 6) is 0.328. The van der Waals surface area contributed by atoms with Gasteiger partial charge in [0, 0.05) is 11.8 Å². The van der Waals surface area contributed by atoms with Gasteiger partial charge >= 0.3 is 0 Å². The predicted molar refractivity (Wildman–Crippen MR) is 66.7 cm³/mol. The van der Waals surface area contributed by atoms with Gasteiger partial charge in [0.15, 0.2) is 0 Å². The highest BCUT2D eigenvalue weighted by molar-refractivity contribution is 7.71. The van der Waals surface area contributed by atoms with Crippen molar-refractivity contribution in [1.82, 2.24) is 15.0 Å². The molecule has 0 bridgehead atoms. The molecule has 1 N–H and O–H groups in total. The number of H-pyrrole nitrogens is 1. The Labute approximate surface area is 99.6 Å². The quantitative estimate of drug-likeness (QED) is 0.806. The largest absolute Gasteiger partial charge is 0.344 e. The summed E-state index contributed by atoms with van der Waals surface area (Å²) in [5.41, 5.74) is 2.92. The standard InChI is InChI=1S/C12H13N3S/c1-8(2)10-11(14-7-15-12(10)16)9-5-3-4-6-13-9/h3-8H,1-2H3,(H,14,15,16). The number of nitrogens with one attached hydrogen (secondary N) is 1. The van der Waals surface area contributed by atoms with Crippen molar-refractivity contribution in [2.75, 3.05) is 0 Å². The highest BCUT2D eigenvalue weighted by Crippen LogP contribution is 2.25. The van der Waals surface area contributed by atoms with Crippen LogP contribution in [0.4, 0.5) is 0 Å². The molecule has 82 valence electrons. The Hall–Kier alpha value is -1.55.